The van der Waals surface area contributed by atoms with Gasteiger partial charge in [-0.1, -0.05) is 0 Å². The molecule has 1 aliphatic carbocycles. The highest BCUT2D eigenvalue weighted by Crippen LogP contribution is 2.32. The van der Waals surface area contributed by atoms with Crippen molar-refractivity contribution in [3.8, 4) is 0 Å². The molecule has 0 bridgehead atoms. The van der Waals surface area contributed by atoms with Gasteiger partial charge in [-0.25, -0.2) is 0 Å². The topological polar surface area (TPSA) is 60.1 Å². The maximum Gasteiger partial charge on any atom is 0.221 e. The maximum absolute atomic E-state index is 11.5. The van der Waals surface area contributed by atoms with Gasteiger partial charge in [0.2, 0.25) is 5.91 Å². The van der Waals surface area contributed by atoms with Crippen molar-refractivity contribution < 1.29 is 4.79 Å². The molecule has 1 aromatic heterocycles. The Labute approximate surface area is 95.8 Å². The first kappa shape index (κ1) is 11.2. The zero-order valence-electron chi connectivity index (χ0n) is 9.43. The summed E-state index contributed by atoms with van der Waals surface area (Å²) in [6, 6.07) is 4.02. The third kappa shape index (κ3) is 3.38. The van der Waals surface area contributed by atoms with Crippen molar-refractivity contribution in [2.45, 2.75) is 31.8 Å². The van der Waals surface area contributed by atoms with Crippen LogP contribution in [0.3, 0.4) is 0 Å². The summed E-state index contributed by atoms with van der Waals surface area (Å²) in [6.45, 7) is 1.49. The first-order valence-corrected chi connectivity index (χ1v) is 5.89. The Balaban J connectivity index is 1.60. The summed E-state index contributed by atoms with van der Waals surface area (Å²) in [6.07, 6.45) is 6.83. The van der Waals surface area contributed by atoms with Crippen molar-refractivity contribution in [1.82, 2.24) is 9.88 Å². The number of nitrogens with zero attached hydrogens (tertiary/aromatic N) is 1. The lowest BCUT2D eigenvalue weighted by Crippen LogP contribution is -2.34. The van der Waals surface area contributed by atoms with E-state index in [0.29, 0.717) is 18.9 Å². The second-order valence-corrected chi connectivity index (χ2v) is 4.48. The predicted octanol–water partition coefficient (Wildman–Crippen LogP) is 0.732. The van der Waals surface area contributed by atoms with Crippen LogP contribution in [0.2, 0.25) is 0 Å². The van der Waals surface area contributed by atoms with Crippen LogP contribution in [-0.2, 0) is 11.3 Å². The summed E-state index contributed by atoms with van der Waals surface area (Å²) in [7, 11) is 0. The van der Waals surface area contributed by atoms with E-state index in [1.165, 1.54) is 12.8 Å². The van der Waals surface area contributed by atoms with Gasteiger partial charge in [-0.3, -0.25) is 4.79 Å². The molecule has 0 spiro atoms. The van der Waals surface area contributed by atoms with Crippen LogP contribution in [0, 0.1) is 5.92 Å². The van der Waals surface area contributed by atoms with Crippen LogP contribution in [0.15, 0.2) is 24.5 Å². The molecular formula is C12H19N3O. The molecule has 1 aromatic rings. The number of carbonyl (C=O) groups is 1. The van der Waals surface area contributed by atoms with Gasteiger partial charge in [-0.2, -0.15) is 0 Å². The smallest absolute Gasteiger partial charge is 0.221 e. The summed E-state index contributed by atoms with van der Waals surface area (Å²) < 4.78 is 2.04. The van der Waals surface area contributed by atoms with Gasteiger partial charge >= 0.3 is 0 Å². The fourth-order valence-electron chi connectivity index (χ4n) is 1.82. The van der Waals surface area contributed by atoms with Crippen LogP contribution in [0.4, 0.5) is 0 Å². The van der Waals surface area contributed by atoms with Crippen molar-refractivity contribution in [2.75, 3.05) is 6.54 Å². The van der Waals surface area contributed by atoms with E-state index in [9.17, 15) is 4.79 Å². The highest BCUT2D eigenvalue weighted by Gasteiger charge is 2.29. The first-order chi connectivity index (χ1) is 7.75. The van der Waals surface area contributed by atoms with Crippen LogP contribution in [0.25, 0.3) is 0 Å². The van der Waals surface area contributed by atoms with E-state index < -0.39 is 0 Å². The predicted molar refractivity (Wildman–Crippen MR) is 62.8 cm³/mol. The molecule has 1 heterocycles. The van der Waals surface area contributed by atoms with E-state index in [1.54, 1.807) is 0 Å². The largest absolute Gasteiger partial charge is 0.354 e. The second-order valence-electron chi connectivity index (χ2n) is 4.48. The normalized spacial score (nSPS) is 17.1. The molecule has 3 N–H and O–H groups in total. The zero-order valence-corrected chi connectivity index (χ0v) is 9.43. The van der Waals surface area contributed by atoms with Gasteiger partial charge in [0.1, 0.15) is 0 Å². The van der Waals surface area contributed by atoms with E-state index in [0.717, 1.165) is 6.54 Å². The molecule has 1 fully saturated rings. The number of nitrogens with two attached hydrogens (primary N) is 1. The second kappa shape index (κ2) is 5.16. The van der Waals surface area contributed by atoms with Crippen LogP contribution in [-0.4, -0.2) is 23.1 Å². The Morgan fingerprint density at radius 2 is 2.12 bits per heavy atom. The van der Waals surface area contributed by atoms with Gasteiger partial charge in [0.05, 0.1) is 0 Å². The molecule has 1 unspecified atom stereocenters. The lowest BCUT2D eigenvalue weighted by atomic mass is 10.1. The molecule has 4 nitrogen and oxygen atoms in total. The average Bonchev–Trinajstić information content (AvgIpc) is 2.98. The molecule has 1 saturated carbocycles. The van der Waals surface area contributed by atoms with Crippen LogP contribution in [0.1, 0.15) is 19.3 Å². The van der Waals surface area contributed by atoms with Crippen LogP contribution in [0.5, 0.6) is 0 Å². The fraction of sp³-hybridized carbons (Fsp3) is 0.583. The van der Waals surface area contributed by atoms with Gasteiger partial charge < -0.3 is 15.6 Å². The van der Waals surface area contributed by atoms with E-state index in [-0.39, 0.29) is 11.9 Å². The Morgan fingerprint density at radius 1 is 1.44 bits per heavy atom. The minimum absolute atomic E-state index is 0.0616. The third-order valence-corrected chi connectivity index (χ3v) is 3.01. The van der Waals surface area contributed by atoms with Gasteiger partial charge in [-0.05, 0) is 30.9 Å². The lowest BCUT2D eigenvalue weighted by molar-refractivity contribution is -0.121. The number of rotatable bonds is 6. The van der Waals surface area contributed by atoms with Crippen molar-refractivity contribution in [1.29, 1.82) is 0 Å². The Kier molecular flexibility index (Phi) is 3.62. The zero-order chi connectivity index (χ0) is 11.4. The Morgan fingerprint density at radius 3 is 2.75 bits per heavy atom. The third-order valence-electron chi connectivity index (χ3n) is 3.01. The molecule has 0 aliphatic heterocycles. The SMILES string of the molecule is NC(CC(=O)NCCn1cccc1)C1CC1. The number of nitrogens with one attached hydrogen (secondary N) is 1. The standard InChI is InChI=1S/C12H19N3O/c13-11(10-3-4-10)9-12(16)14-5-8-15-6-1-2-7-15/h1-2,6-7,10-11H,3-5,8-9,13H2,(H,14,16). The molecule has 1 amide bonds. The summed E-state index contributed by atoms with van der Waals surface area (Å²) in [5.74, 6) is 0.668. The monoisotopic (exact) mass is 221 g/mol. The number of hydrogen-bond donors (Lipinski definition) is 2. The average molecular weight is 221 g/mol. The van der Waals surface area contributed by atoms with E-state index in [2.05, 4.69) is 5.32 Å². The Hall–Kier alpha value is -1.29. The Bertz CT molecular complexity index is 330. The number of carbonyl (C=O) groups excluding carboxylic acids is 1. The molecular weight excluding hydrogens is 202 g/mol. The highest BCUT2D eigenvalue weighted by molar-refractivity contribution is 5.76. The van der Waals surface area contributed by atoms with Crippen molar-refractivity contribution in [3.63, 3.8) is 0 Å². The molecule has 0 saturated heterocycles. The minimum Gasteiger partial charge on any atom is -0.354 e. The van der Waals surface area contributed by atoms with Gasteiger partial charge in [0, 0.05) is 37.9 Å². The van der Waals surface area contributed by atoms with Crippen molar-refractivity contribution in [2.24, 2.45) is 11.7 Å². The molecule has 0 aromatic carbocycles. The maximum atomic E-state index is 11.5. The number of hydrogen-bond acceptors (Lipinski definition) is 2. The molecule has 2 rings (SSSR count). The summed E-state index contributed by atoms with van der Waals surface area (Å²) >= 11 is 0. The van der Waals surface area contributed by atoms with Crippen molar-refractivity contribution >= 4 is 5.91 Å². The van der Waals surface area contributed by atoms with Crippen LogP contribution < -0.4 is 11.1 Å². The highest BCUT2D eigenvalue weighted by atomic mass is 16.1. The summed E-state index contributed by atoms with van der Waals surface area (Å²) in [5, 5.41) is 2.89. The van der Waals surface area contributed by atoms with E-state index in [1.807, 2.05) is 29.1 Å². The first-order valence-electron chi connectivity index (χ1n) is 5.89. The van der Waals surface area contributed by atoms with Gasteiger partial charge in [-0.15, -0.1) is 0 Å². The minimum atomic E-state index is 0.0616. The molecule has 0 radical (unpaired) electrons. The summed E-state index contributed by atoms with van der Waals surface area (Å²) in [4.78, 5) is 11.5. The fourth-order valence-corrected chi connectivity index (χ4v) is 1.82. The molecule has 4 heteroatoms. The molecule has 88 valence electrons. The molecule has 1 aliphatic rings. The lowest BCUT2D eigenvalue weighted by Gasteiger charge is -2.10. The quantitative estimate of drug-likeness (QED) is 0.744. The number of amides is 1. The van der Waals surface area contributed by atoms with Gasteiger partial charge in [0.25, 0.3) is 0 Å². The van der Waals surface area contributed by atoms with Gasteiger partial charge in [0.15, 0.2) is 0 Å². The van der Waals surface area contributed by atoms with Crippen LogP contribution >= 0.6 is 0 Å². The molecule has 16 heavy (non-hydrogen) atoms. The molecule has 1 atom stereocenters. The van der Waals surface area contributed by atoms with E-state index >= 15 is 0 Å². The van der Waals surface area contributed by atoms with Crippen molar-refractivity contribution in [3.05, 3.63) is 24.5 Å². The number of aromatic nitrogens is 1. The summed E-state index contributed by atoms with van der Waals surface area (Å²) in [5.41, 5.74) is 5.88. The van der Waals surface area contributed by atoms with E-state index in [4.69, 9.17) is 5.73 Å².